The highest BCUT2D eigenvalue weighted by Crippen LogP contribution is 2.11. The van der Waals surface area contributed by atoms with E-state index in [-0.39, 0.29) is 0 Å². The molecule has 1 saturated heterocycles. The summed E-state index contributed by atoms with van der Waals surface area (Å²) in [5.74, 6) is 0.685. The van der Waals surface area contributed by atoms with Gasteiger partial charge >= 0.3 is 0 Å². The normalized spacial score (nSPS) is 21.4. The van der Waals surface area contributed by atoms with Crippen molar-refractivity contribution < 1.29 is 4.74 Å². The maximum Gasteiger partial charge on any atom is 0.213 e. The summed E-state index contributed by atoms with van der Waals surface area (Å²) in [4.78, 5) is 6.49. The highest BCUT2D eigenvalue weighted by atomic mass is 16.5. The highest BCUT2D eigenvalue weighted by Gasteiger charge is 2.16. The van der Waals surface area contributed by atoms with Crippen molar-refractivity contribution in [2.75, 3.05) is 27.2 Å². The summed E-state index contributed by atoms with van der Waals surface area (Å²) in [6, 6.07) is 4.62. The molecule has 1 fully saturated rings. The molecule has 1 unspecified atom stereocenters. The molecule has 0 radical (unpaired) electrons. The van der Waals surface area contributed by atoms with Gasteiger partial charge in [-0.2, -0.15) is 0 Å². The van der Waals surface area contributed by atoms with Crippen LogP contribution in [-0.4, -0.2) is 43.2 Å². The Balaban J connectivity index is 1.84. The zero-order valence-corrected chi connectivity index (χ0v) is 10.6. The summed E-state index contributed by atoms with van der Waals surface area (Å²) in [6.07, 6.45) is 4.35. The van der Waals surface area contributed by atoms with Crippen LogP contribution in [-0.2, 0) is 6.54 Å². The number of piperidine rings is 1. The van der Waals surface area contributed by atoms with Crippen LogP contribution in [0.4, 0.5) is 0 Å². The van der Waals surface area contributed by atoms with Crippen LogP contribution in [0.3, 0.4) is 0 Å². The third-order valence-corrected chi connectivity index (χ3v) is 3.23. The van der Waals surface area contributed by atoms with E-state index in [9.17, 15) is 0 Å². The summed E-state index contributed by atoms with van der Waals surface area (Å²) in [7, 11) is 3.83. The Kier molecular flexibility index (Phi) is 4.34. The zero-order valence-electron chi connectivity index (χ0n) is 10.6. The van der Waals surface area contributed by atoms with Crippen molar-refractivity contribution in [2.24, 2.45) is 0 Å². The lowest BCUT2D eigenvalue weighted by Crippen LogP contribution is -2.43. The van der Waals surface area contributed by atoms with E-state index in [1.54, 1.807) is 13.3 Å². The Labute approximate surface area is 103 Å². The highest BCUT2D eigenvalue weighted by molar-refractivity contribution is 5.20. The van der Waals surface area contributed by atoms with Gasteiger partial charge in [0.2, 0.25) is 5.88 Å². The lowest BCUT2D eigenvalue weighted by molar-refractivity contribution is 0.226. The summed E-state index contributed by atoms with van der Waals surface area (Å²) < 4.78 is 5.12. The SMILES string of the molecule is COc1cc(CNC2CCCN(C)C2)ccn1. The molecule has 0 aromatic carbocycles. The smallest absolute Gasteiger partial charge is 0.213 e. The molecule has 1 aromatic heterocycles. The van der Waals surface area contributed by atoms with E-state index in [1.807, 2.05) is 12.1 Å². The van der Waals surface area contributed by atoms with E-state index < -0.39 is 0 Å². The van der Waals surface area contributed by atoms with Gasteiger partial charge in [-0.05, 0) is 38.1 Å². The average molecular weight is 235 g/mol. The van der Waals surface area contributed by atoms with Crippen LogP contribution in [0.25, 0.3) is 0 Å². The minimum absolute atomic E-state index is 0.605. The summed E-state index contributed by atoms with van der Waals surface area (Å²) in [5, 5.41) is 3.59. The lowest BCUT2D eigenvalue weighted by Gasteiger charge is -2.30. The van der Waals surface area contributed by atoms with Crippen LogP contribution in [0.1, 0.15) is 18.4 Å². The molecule has 1 aliphatic rings. The second kappa shape index (κ2) is 5.98. The van der Waals surface area contributed by atoms with Crippen molar-refractivity contribution in [1.29, 1.82) is 0 Å². The minimum atomic E-state index is 0.605. The molecule has 4 heteroatoms. The van der Waals surface area contributed by atoms with Crippen molar-refractivity contribution in [1.82, 2.24) is 15.2 Å². The first-order valence-electron chi connectivity index (χ1n) is 6.19. The third kappa shape index (κ3) is 3.68. The van der Waals surface area contributed by atoms with Gasteiger partial charge < -0.3 is 15.0 Å². The Morgan fingerprint density at radius 3 is 3.24 bits per heavy atom. The molecule has 0 bridgehead atoms. The zero-order chi connectivity index (χ0) is 12.1. The van der Waals surface area contributed by atoms with Gasteiger partial charge in [0.15, 0.2) is 0 Å². The molecule has 0 spiro atoms. The largest absolute Gasteiger partial charge is 0.481 e. The molecule has 0 saturated carbocycles. The Bertz CT molecular complexity index is 356. The maximum absolute atomic E-state index is 5.12. The number of likely N-dealkylation sites (tertiary alicyclic amines) is 1. The van der Waals surface area contributed by atoms with Crippen molar-refractivity contribution in [3.05, 3.63) is 23.9 Å². The van der Waals surface area contributed by atoms with Crippen LogP contribution in [0.5, 0.6) is 5.88 Å². The third-order valence-electron chi connectivity index (χ3n) is 3.23. The van der Waals surface area contributed by atoms with Crippen LogP contribution >= 0.6 is 0 Å². The number of hydrogen-bond donors (Lipinski definition) is 1. The van der Waals surface area contributed by atoms with Crippen molar-refractivity contribution in [2.45, 2.75) is 25.4 Å². The van der Waals surface area contributed by atoms with Gasteiger partial charge in [-0.3, -0.25) is 0 Å². The van der Waals surface area contributed by atoms with E-state index in [0.717, 1.165) is 13.1 Å². The average Bonchev–Trinajstić information content (AvgIpc) is 2.37. The lowest BCUT2D eigenvalue weighted by atomic mass is 10.1. The van der Waals surface area contributed by atoms with Gasteiger partial charge in [0, 0.05) is 31.4 Å². The number of rotatable bonds is 4. The first-order valence-corrected chi connectivity index (χ1v) is 6.19. The van der Waals surface area contributed by atoms with Crippen molar-refractivity contribution in [3.63, 3.8) is 0 Å². The first-order chi connectivity index (χ1) is 8.28. The molecule has 1 aliphatic heterocycles. The van der Waals surface area contributed by atoms with Gasteiger partial charge in [0.25, 0.3) is 0 Å². The molecule has 2 heterocycles. The molecule has 94 valence electrons. The summed E-state index contributed by atoms with van der Waals surface area (Å²) in [6.45, 7) is 3.25. The van der Waals surface area contributed by atoms with Crippen molar-refractivity contribution in [3.8, 4) is 5.88 Å². The Morgan fingerprint density at radius 2 is 2.47 bits per heavy atom. The minimum Gasteiger partial charge on any atom is -0.481 e. The second-order valence-electron chi connectivity index (χ2n) is 4.69. The van der Waals surface area contributed by atoms with Gasteiger partial charge in [0.05, 0.1) is 7.11 Å². The number of likely N-dealkylation sites (N-methyl/N-ethyl adjacent to an activating group) is 1. The number of nitrogens with zero attached hydrogens (tertiary/aromatic N) is 2. The van der Waals surface area contributed by atoms with E-state index >= 15 is 0 Å². The second-order valence-corrected chi connectivity index (χ2v) is 4.69. The molecule has 1 N–H and O–H groups in total. The van der Waals surface area contributed by atoms with Crippen molar-refractivity contribution >= 4 is 0 Å². The number of aromatic nitrogens is 1. The molecule has 0 aliphatic carbocycles. The predicted molar refractivity (Wildman–Crippen MR) is 68.1 cm³/mol. The van der Waals surface area contributed by atoms with Gasteiger partial charge in [-0.1, -0.05) is 0 Å². The van der Waals surface area contributed by atoms with Gasteiger partial charge in [-0.15, -0.1) is 0 Å². The molecule has 0 amide bonds. The van der Waals surface area contributed by atoms with Crippen LogP contribution in [0.15, 0.2) is 18.3 Å². The molecular formula is C13H21N3O. The number of pyridine rings is 1. The Hall–Kier alpha value is -1.13. The van der Waals surface area contributed by atoms with Crippen LogP contribution in [0, 0.1) is 0 Å². The predicted octanol–water partition coefficient (Wildman–Crippen LogP) is 1.27. The molecule has 2 rings (SSSR count). The fourth-order valence-corrected chi connectivity index (χ4v) is 2.27. The molecule has 1 atom stereocenters. The maximum atomic E-state index is 5.12. The number of methoxy groups -OCH3 is 1. The van der Waals surface area contributed by atoms with E-state index in [1.165, 1.54) is 24.9 Å². The van der Waals surface area contributed by atoms with Crippen LogP contribution < -0.4 is 10.1 Å². The van der Waals surface area contributed by atoms with E-state index in [4.69, 9.17) is 4.74 Å². The molecule has 1 aromatic rings. The van der Waals surface area contributed by atoms with E-state index in [0.29, 0.717) is 11.9 Å². The monoisotopic (exact) mass is 235 g/mol. The number of nitrogens with one attached hydrogen (secondary N) is 1. The number of ether oxygens (including phenoxy) is 1. The Morgan fingerprint density at radius 1 is 1.59 bits per heavy atom. The molecular weight excluding hydrogens is 214 g/mol. The standard InChI is InChI=1S/C13H21N3O/c1-16-7-3-4-12(10-16)15-9-11-5-6-14-13(8-11)17-2/h5-6,8,12,15H,3-4,7,9-10H2,1-2H3. The van der Waals surface area contributed by atoms with Crippen LogP contribution in [0.2, 0.25) is 0 Å². The quantitative estimate of drug-likeness (QED) is 0.853. The van der Waals surface area contributed by atoms with Gasteiger partial charge in [-0.25, -0.2) is 4.98 Å². The fourth-order valence-electron chi connectivity index (χ4n) is 2.27. The number of hydrogen-bond acceptors (Lipinski definition) is 4. The molecule has 4 nitrogen and oxygen atoms in total. The van der Waals surface area contributed by atoms with Gasteiger partial charge in [0.1, 0.15) is 0 Å². The summed E-state index contributed by atoms with van der Waals surface area (Å²) in [5.41, 5.74) is 1.23. The topological polar surface area (TPSA) is 37.4 Å². The first kappa shape index (κ1) is 12.3. The summed E-state index contributed by atoms with van der Waals surface area (Å²) >= 11 is 0. The molecule has 17 heavy (non-hydrogen) atoms. The van der Waals surface area contributed by atoms with E-state index in [2.05, 4.69) is 22.2 Å². The fraction of sp³-hybridized carbons (Fsp3) is 0.615.